The number of carbonyl (C=O) groups excluding carboxylic acids is 1. The second-order valence-corrected chi connectivity index (χ2v) is 3.41. The van der Waals surface area contributed by atoms with E-state index in [0.717, 1.165) is 23.1 Å². The van der Waals surface area contributed by atoms with Crippen LogP contribution in [0.2, 0.25) is 0 Å². The lowest BCUT2D eigenvalue weighted by molar-refractivity contribution is 0.0981. The van der Waals surface area contributed by atoms with Crippen molar-refractivity contribution in [2.75, 3.05) is 0 Å². The number of aryl methyl sites for hydroxylation is 1. The monoisotopic (exact) mass is 188 g/mol. The maximum Gasteiger partial charge on any atom is 0.163 e. The van der Waals surface area contributed by atoms with Gasteiger partial charge in [0.1, 0.15) is 0 Å². The minimum Gasteiger partial charge on any atom is -0.294 e. The molecule has 0 radical (unpaired) electrons. The summed E-state index contributed by atoms with van der Waals surface area (Å²) >= 11 is 0. The van der Waals surface area contributed by atoms with E-state index in [2.05, 4.69) is 6.58 Å². The Morgan fingerprint density at radius 1 is 1.50 bits per heavy atom. The molecule has 0 saturated carbocycles. The second-order valence-electron chi connectivity index (χ2n) is 3.41. The van der Waals surface area contributed by atoms with Crippen LogP contribution in [0.15, 0.2) is 24.8 Å². The Kier molecular flexibility index (Phi) is 3.63. The molecule has 0 fully saturated rings. The molecule has 1 aromatic rings. The molecule has 0 aliphatic carbocycles. The van der Waals surface area contributed by atoms with Crippen LogP contribution in [0.25, 0.3) is 6.08 Å². The van der Waals surface area contributed by atoms with Crippen molar-refractivity contribution in [3.8, 4) is 0 Å². The number of benzene rings is 1. The fraction of sp³-hybridized carbons (Fsp3) is 0.308. The lowest BCUT2D eigenvalue weighted by atomic mass is 9.97. The summed E-state index contributed by atoms with van der Waals surface area (Å²) in [5.74, 6) is 0.214. The van der Waals surface area contributed by atoms with Crippen LogP contribution in [-0.2, 0) is 0 Å². The van der Waals surface area contributed by atoms with Gasteiger partial charge < -0.3 is 0 Å². The molecule has 0 amide bonds. The number of ketones is 1. The maximum atomic E-state index is 11.7. The number of carbonyl (C=O) groups is 1. The molecule has 0 aliphatic rings. The molecule has 0 saturated heterocycles. The summed E-state index contributed by atoms with van der Waals surface area (Å²) in [5, 5.41) is 0. The molecule has 0 aliphatic heterocycles. The van der Waals surface area contributed by atoms with Crippen LogP contribution in [0.5, 0.6) is 0 Å². The van der Waals surface area contributed by atoms with Gasteiger partial charge >= 0.3 is 0 Å². The minimum atomic E-state index is 0.214. The van der Waals surface area contributed by atoms with E-state index in [1.807, 2.05) is 32.0 Å². The lowest BCUT2D eigenvalue weighted by Gasteiger charge is -2.06. The zero-order valence-electron chi connectivity index (χ0n) is 8.84. The van der Waals surface area contributed by atoms with E-state index in [-0.39, 0.29) is 5.78 Å². The summed E-state index contributed by atoms with van der Waals surface area (Å²) in [7, 11) is 0. The van der Waals surface area contributed by atoms with Crippen molar-refractivity contribution in [1.82, 2.24) is 0 Å². The normalized spacial score (nSPS) is 9.86. The van der Waals surface area contributed by atoms with E-state index in [1.165, 1.54) is 0 Å². The Labute approximate surface area is 85.5 Å². The highest BCUT2D eigenvalue weighted by molar-refractivity contribution is 5.99. The first kappa shape index (κ1) is 10.7. The molecule has 74 valence electrons. The minimum absolute atomic E-state index is 0.214. The van der Waals surface area contributed by atoms with E-state index in [0.29, 0.717) is 6.42 Å². The first-order valence-corrected chi connectivity index (χ1v) is 4.96. The van der Waals surface area contributed by atoms with E-state index >= 15 is 0 Å². The molecule has 0 unspecified atom stereocenters. The fourth-order valence-electron chi connectivity index (χ4n) is 1.56. The number of hydrogen-bond acceptors (Lipinski definition) is 1. The molecule has 14 heavy (non-hydrogen) atoms. The summed E-state index contributed by atoms with van der Waals surface area (Å²) in [6, 6.07) is 5.80. The number of hydrogen-bond donors (Lipinski definition) is 0. The lowest BCUT2D eigenvalue weighted by Crippen LogP contribution is -2.02. The molecule has 0 atom stereocenters. The van der Waals surface area contributed by atoms with Crippen molar-refractivity contribution in [1.29, 1.82) is 0 Å². The molecule has 0 N–H and O–H groups in total. The molecule has 0 heterocycles. The van der Waals surface area contributed by atoms with Gasteiger partial charge in [0, 0.05) is 12.0 Å². The number of rotatable bonds is 4. The topological polar surface area (TPSA) is 17.1 Å². The highest BCUT2D eigenvalue weighted by atomic mass is 16.1. The summed E-state index contributed by atoms with van der Waals surface area (Å²) < 4.78 is 0. The molecule has 1 heteroatoms. The van der Waals surface area contributed by atoms with Crippen LogP contribution in [0.3, 0.4) is 0 Å². The van der Waals surface area contributed by atoms with Gasteiger partial charge in [0.25, 0.3) is 0 Å². The SMILES string of the molecule is C=Cc1c(C)cccc1C(=O)CCC. The average molecular weight is 188 g/mol. The molecule has 0 aromatic heterocycles. The van der Waals surface area contributed by atoms with Gasteiger partial charge in [-0.25, -0.2) is 0 Å². The highest BCUT2D eigenvalue weighted by Crippen LogP contribution is 2.17. The van der Waals surface area contributed by atoms with Crippen molar-refractivity contribution in [3.05, 3.63) is 41.5 Å². The van der Waals surface area contributed by atoms with Crippen LogP contribution >= 0.6 is 0 Å². The Hall–Kier alpha value is -1.37. The molecular formula is C13H16O. The van der Waals surface area contributed by atoms with Crippen molar-refractivity contribution in [2.45, 2.75) is 26.7 Å². The Morgan fingerprint density at radius 3 is 2.79 bits per heavy atom. The largest absolute Gasteiger partial charge is 0.294 e. The molecular weight excluding hydrogens is 172 g/mol. The molecule has 1 nitrogen and oxygen atoms in total. The van der Waals surface area contributed by atoms with Gasteiger partial charge in [-0.15, -0.1) is 0 Å². The Morgan fingerprint density at radius 2 is 2.21 bits per heavy atom. The van der Waals surface area contributed by atoms with E-state index in [9.17, 15) is 4.79 Å². The predicted molar refractivity (Wildman–Crippen MR) is 60.5 cm³/mol. The van der Waals surface area contributed by atoms with Crippen LogP contribution in [-0.4, -0.2) is 5.78 Å². The summed E-state index contributed by atoms with van der Waals surface area (Å²) in [6.07, 6.45) is 3.27. The van der Waals surface area contributed by atoms with Crippen molar-refractivity contribution >= 4 is 11.9 Å². The Balaban J connectivity index is 3.13. The maximum absolute atomic E-state index is 11.7. The van der Waals surface area contributed by atoms with Gasteiger partial charge in [0.2, 0.25) is 0 Å². The molecule has 0 bridgehead atoms. The van der Waals surface area contributed by atoms with E-state index in [1.54, 1.807) is 6.08 Å². The fourth-order valence-corrected chi connectivity index (χ4v) is 1.56. The molecule has 1 aromatic carbocycles. The predicted octanol–water partition coefficient (Wildman–Crippen LogP) is 3.62. The van der Waals surface area contributed by atoms with Crippen LogP contribution in [0, 0.1) is 6.92 Å². The van der Waals surface area contributed by atoms with E-state index < -0.39 is 0 Å². The standard InChI is InChI=1S/C13H16O/c1-4-7-13(14)12-9-6-8-10(3)11(12)5-2/h5-6,8-9H,2,4,7H2,1,3H3. The smallest absolute Gasteiger partial charge is 0.163 e. The zero-order valence-corrected chi connectivity index (χ0v) is 8.84. The first-order valence-electron chi connectivity index (χ1n) is 4.96. The molecule has 1 rings (SSSR count). The van der Waals surface area contributed by atoms with Crippen LogP contribution in [0.4, 0.5) is 0 Å². The van der Waals surface area contributed by atoms with Gasteiger partial charge in [-0.1, -0.05) is 37.8 Å². The van der Waals surface area contributed by atoms with E-state index in [4.69, 9.17) is 0 Å². The second kappa shape index (κ2) is 4.75. The van der Waals surface area contributed by atoms with Gasteiger partial charge in [-0.2, -0.15) is 0 Å². The van der Waals surface area contributed by atoms with Gasteiger partial charge in [-0.05, 0) is 24.5 Å². The van der Waals surface area contributed by atoms with Gasteiger partial charge in [0.15, 0.2) is 5.78 Å². The van der Waals surface area contributed by atoms with Crippen LogP contribution in [0.1, 0.15) is 41.3 Å². The van der Waals surface area contributed by atoms with Crippen LogP contribution < -0.4 is 0 Å². The average Bonchev–Trinajstić information content (AvgIpc) is 2.17. The quantitative estimate of drug-likeness (QED) is 0.659. The summed E-state index contributed by atoms with van der Waals surface area (Å²) in [6.45, 7) is 7.76. The first-order chi connectivity index (χ1) is 6.70. The number of Topliss-reactive ketones (excluding diaryl/α,β-unsaturated/α-hetero) is 1. The van der Waals surface area contributed by atoms with Crippen molar-refractivity contribution in [3.63, 3.8) is 0 Å². The molecule has 0 spiro atoms. The van der Waals surface area contributed by atoms with Gasteiger partial charge in [-0.3, -0.25) is 4.79 Å². The third-order valence-electron chi connectivity index (χ3n) is 2.31. The zero-order chi connectivity index (χ0) is 10.6. The van der Waals surface area contributed by atoms with Crippen molar-refractivity contribution < 1.29 is 4.79 Å². The van der Waals surface area contributed by atoms with Crippen molar-refractivity contribution in [2.24, 2.45) is 0 Å². The summed E-state index contributed by atoms with van der Waals surface area (Å²) in [4.78, 5) is 11.7. The third kappa shape index (κ3) is 2.11. The Bertz CT molecular complexity index is 350. The summed E-state index contributed by atoms with van der Waals surface area (Å²) in [5.41, 5.74) is 2.90. The highest BCUT2D eigenvalue weighted by Gasteiger charge is 2.09. The third-order valence-corrected chi connectivity index (χ3v) is 2.31. The van der Waals surface area contributed by atoms with Gasteiger partial charge in [0.05, 0.1) is 0 Å².